The van der Waals surface area contributed by atoms with Gasteiger partial charge in [0.2, 0.25) is 0 Å². The lowest BCUT2D eigenvalue weighted by molar-refractivity contribution is 0.0679. The zero-order valence-electron chi connectivity index (χ0n) is 14.6. The predicted molar refractivity (Wildman–Crippen MR) is 90.2 cm³/mol. The Bertz CT molecular complexity index is 242. The van der Waals surface area contributed by atoms with Crippen LogP contribution >= 0.6 is 0 Å². The molecule has 1 N–H and O–H groups in total. The molecule has 0 aromatic heterocycles. The van der Waals surface area contributed by atoms with Gasteiger partial charge in [-0.2, -0.15) is 0 Å². The third-order valence-corrected chi connectivity index (χ3v) is 5.39. The van der Waals surface area contributed by atoms with E-state index in [9.17, 15) is 0 Å². The standard InChI is InChI=1S/C18H38N2/c1-6-9-10-17(8-3)14-20-13-11-18(19-12-7-2)15(4)16(20)5/h15-19H,6-14H2,1-5H3. The Kier molecular flexibility index (Phi) is 8.79. The molecule has 4 unspecified atom stereocenters. The van der Waals surface area contributed by atoms with Crippen LogP contribution in [0.15, 0.2) is 0 Å². The van der Waals surface area contributed by atoms with E-state index < -0.39 is 0 Å². The molecule has 4 atom stereocenters. The Balaban J connectivity index is 2.44. The van der Waals surface area contributed by atoms with Crippen LogP contribution in [0.1, 0.15) is 73.1 Å². The van der Waals surface area contributed by atoms with Crippen molar-refractivity contribution in [2.45, 2.75) is 85.2 Å². The molecule has 1 aliphatic rings. The van der Waals surface area contributed by atoms with Gasteiger partial charge in [0.25, 0.3) is 0 Å². The van der Waals surface area contributed by atoms with Crippen molar-refractivity contribution in [2.75, 3.05) is 19.6 Å². The number of unbranched alkanes of at least 4 members (excludes halogenated alkanes) is 1. The predicted octanol–water partition coefficient (Wildman–Crippen LogP) is 4.30. The molecular weight excluding hydrogens is 244 g/mol. The summed E-state index contributed by atoms with van der Waals surface area (Å²) in [4.78, 5) is 2.76. The quantitative estimate of drug-likeness (QED) is 0.678. The zero-order valence-corrected chi connectivity index (χ0v) is 14.6. The molecule has 2 nitrogen and oxygen atoms in total. The summed E-state index contributed by atoms with van der Waals surface area (Å²) in [5, 5.41) is 3.75. The van der Waals surface area contributed by atoms with Gasteiger partial charge in [-0.3, -0.25) is 0 Å². The van der Waals surface area contributed by atoms with Gasteiger partial charge in [0.05, 0.1) is 0 Å². The SMILES string of the molecule is CCCCC(CC)CN1CCC(NCCC)C(C)C1C. The third-order valence-electron chi connectivity index (χ3n) is 5.39. The summed E-state index contributed by atoms with van der Waals surface area (Å²) in [5.74, 6) is 1.68. The maximum absolute atomic E-state index is 3.75. The highest BCUT2D eigenvalue weighted by Gasteiger charge is 2.32. The van der Waals surface area contributed by atoms with Gasteiger partial charge in [-0.25, -0.2) is 0 Å². The van der Waals surface area contributed by atoms with Crippen molar-refractivity contribution >= 4 is 0 Å². The van der Waals surface area contributed by atoms with Crippen LogP contribution in [-0.2, 0) is 0 Å². The first-order chi connectivity index (χ1) is 9.63. The Morgan fingerprint density at radius 1 is 1.15 bits per heavy atom. The van der Waals surface area contributed by atoms with E-state index in [1.54, 1.807) is 0 Å². The van der Waals surface area contributed by atoms with Gasteiger partial charge in [-0.05, 0) is 51.1 Å². The second-order valence-corrected chi connectivity index (χ2v) is 6.86. The first-order valence-electron chi connectivity index (χ1n) is 9.11. The van der Waals surface area contributed by atoms with Crippen LogP contribution in [0.4, 0.5) is 0 Å². The van der Waals surface area contributed by atoms with E-state index in [4.69, 9.17) is 0 Å². The smallest absolute Gasteiger partial charge is 0.0120 e. The first-order valence-corrected chi connectivity index (χ1v) is 9.11. The lowest BCUT2D eigenvalue weighted by Gasteiger charge is -2.44. The first kappa shape index (κ1) is 18.0. The molecule has 20 heavy (non-hydrogen) atoms. The van der Waals surface area contributed by atoms with Crippen LogP contribution in [0.3, 0.4) is 0 Å². The average molecular weight is 283 g/mol. The highest BCUT2D eigenvalue weighted by molar-refractivity contribution is 4.89. The van der Waals surface area contributed by atoms with Crippen molar-refractivity contribution in [1.82, 2.24) is 10.2 Å². The summed E-state index contributed by atoms with van der Waals surface area (Å²) in [7, 11) is 0. The molecule has 1 saturated heterocycles. The summed E-state index contributed by atoms with van der Waals surface area (Å²) in [5.41, 5.74) is 0. The van der Waals surface area contributed by atoms with E-state index in [0.717, 1.165) is 23.9 Å². The van der Waals surface area contributed by atoms with Crippen LogP contribution in [0.25, 0.3) is 0 Å². The topological polar surface area (TPSA) is 15.3 Å². The number of nitrogens with one attached hydrogen (secondary N) is 1. The summed E-state index contributed by atoms with van der Waals surface area (Å²) < 4.78 is 0. The second kappa shape index (κ2) is 9.78. The summed E-state index contributed by atoms with van der Waals surface area (Å²) >= 11 is 0. The van der Waals surface area contributed by atoms with Crippen molar-refractivity contribution in [2.24, 2.45) is 11.8 Å². The fourth-order valence-corrected chi connectivity index (χ4v) is 3.56. The molecule has 1 rings (SSSR count). The number of likely N-dealkylation sites (tertiary alicyclic amines) is 1. The molecular formula is C18H38N2. The molecule has 120 valence electrons. The normalized spacial score (nSPS) is 29.6. The lowest BCUT2D eigenvalue weighted by atomic mass is 9.85. The van der Waals surface area contributed by atoms with E-state index >= 15 is 0 Å². The summed E-state index contributed by atoms with van der Waals surface area (Å²) in [6.45, 7) is 15.6. The fraction of sp³-hybridized carbons (Fsp3) is 1.00. The Morgan fingerprint density at radius 3 is 2.50 bits per heavy atom. The van der Waals surface area contributed by atoms with Crippen molar-refractivity contribution in [1.29, 1.82) is 0 Å². The van der Waals surface area contributed by atoms with Gasteiger partial charge in [-0.1, -0.05) is 47.0 Å². The van der Waals surface area contributed by atoms with Crippen LogP contribution in [0, 0.1) is 11.8 Å². The lowest BCUT2D eigenvalue weighted by Crippen LogP contribution is -2.54. The third kappa shape index (κ3) is 5.37. The van der Waals surface area contributed by atoms with Crippen molar-refractivity contribution in [3.63, 3.8) is 0 Å². The Hall–Kier alpha value is -0.0800. The molecule has 0 aliphatic carbocycles. The Morgan fingerprint density at radius 2 is 1.90 bits per heavy atom. The van der Waals surface area contributed by atoms with Crippen molar-refractivity contribution in [3.05, 3.63) is 0 Å². The van der Waals surface area contributed by atoms with Crippen LogP contribution < -0.4 is 5.32 Å². The van der Waals surface area contributed by atoms with Gasteiger partial charge < -0.3 is 10.2 Å². The number of piperidine rings is 1. The molecule has 2 heteroatoms. The van der Waals surface area contributed by atoms with E-state index in [1.807, 2.05) is 0 Å². The molecule has 1 heterocycles. The highest BCUT2D eigenvalue weighted by Crippen LogP contribution is 2.26. The molecule has 1 aliphatic heterocycles. The number of nitrogens with zero attached hydrogens (tertiary/aromatic N) is 1. The minimum absolute atomic E-state index is 0.730. The van der Waals surface area contributed by atoms with E-state index in [1.165, 1.54) is 58.2 Å². The maximum Gasteiger partial charge on any atom is 0.0120 e. The van der Waals surface area contributed by atoms with Crippen molar-refractivity contribution < 1.29 is 0 Å². The van der Waals surface area contributed by atoms with Crippen LogP contribution in [-0.4, -0.2) is 36.6 Å². The highest BCUT2D eigenvalue weighted by atomic mass is 15.2. The average Bonchev–Trinajstić information content (AvgIpc) is 2.47. The van der Waals surface area contributed by atoms with Gasteiger partial charge in [0, 0.05) is 18.6 Å². The van der Waals surface area contributed by atoms with Crippen LogP contribution in [0.5, 0.6) is 0 Å². The van der Waals surface area contributed by atoms with Gasteiger partial charge in [0.15, 0.2) is 0 Å². The number of rotatable bonds is 9. The summed E-state index contributed by atoms with van der Waals surface area (Å²) in [6, 6.07) is 1.46. The van der Waals surface area contributed by atoms with Gasteiger partial charge in [0.1, 0.15) is 0 Å². The van der Waals surface area contributed by atoms with E-state index in [-0.39, 0.29) is 0 Å². The minimum atomic E-state index is 0.730. The minimum Gasteiger partial charge on any atom is -0.314 e. The van der Waals surface area contributed by atoms with Crippen molar-refractivity contribution in [3.8, 4) is 0 Å². The molecule has 0 amide bonds. The van der Waals surface area contributed by atoms with Gasteiger partial charge in [-0.15, -0.1) is 0 Å². The Labute approximate surface area is 127 Å². The monoisotopic (exact) mass is 282 g/mol. The fourth-order valence-electron chi connectivity index (χ4n) is 3.56. The number of hydrogen-bond acceptors (Lipinski definition) is 2. The molecule has 0 spiro atoms. The number of hydrogen-bond donors (Lipinski definition) is 1. The van der Waals surface area contributed by atoms with Gasteiger partial charge >= 0.3 is 0 Å². The second-order valence-electron chi connectivity index (χ2n) is 6.86. The zero-order chi connectivity index (χ0) is 15.0. The molecule has 1 fully saturated rings. The summed E-state index contributed by atoms with van der Waals surface area (Å²) in [6.07, 6.45) is 8.08. The van der Waals surface area contributed by atoms with Crippen LogP contribution in [0.2, 0.25) is 0 Å². The maximum atomic E-state index is 3.75. The largest absolute Gasteiger partial charge is 0.314 e. The molecule has 0 aromatic rings. The molecule has 0 radical (unpaired) electrons. The van der Waals surface area contributed by atoms with E-state index in [2.05, 4.69) is 44.8 Å². The van der Waals surface area contributed by atoms with E-state index in [0.29, 0.717) is 0 Å². The molecule has 0 aromatic carbocycles. The molecule has 0 bridgehead atoms. The molecule has 0 saturated carbocycles.